The molecule has 0 aliphatic heterocycles. The van der Waals surface area contributed by atoms with E-state index < -0.39 is 23.9 Å². The summed E-state index contributed by atoms with van der Waals surface area (Å²) in [5.41, 5.74) is 0. The Morgan fingerprint density at radius 3 is 1.31 bits per heavy atom. The zero-order valence-electron chi connectivity index (χ0n) is 16.8. The molecule has 0 aromatic carbocycles. The predicted octanol–water partition coefficient (Wildman–Crippen LogP) is 3.62. The molecule has 2 aliphatic carbocycles. The molecule has 2 rings (SSSR count). The number of ether oxygens (including phenoxy) is 2. The molecular weight excluding hydrogens is 380 g/mol. The minimum absolute atomic E-state index is 0.0234. The maximum Gasteiger partial charge on any atom is 0.331 e. The van der Waals surface area contributed by atoms with E-state index in [4.69, 9.17) is 19.7 Å². The van der Waals surface area contributed by atoms with E-state index in [0.717, 1.165) is 51.4 Å². The van der Waals surface area contributed by atoms with Gasteiger partial charge in [-0.15, -0.1) is 0 Å². The van der Waals surface area contributed by atoms with Gasteiger partial charge in [0.05, 0.1) is 0 Å². The standard InChI is InChI=1S/C16H24O4.C5H8O4/c17-15(19-13-7-3-1-4-8-13)11-12-16(18)20-14-9-5-2-6-10-14;6-4(7)2-1-3-5(8)9/h11-14H,1-10H2;1-3H2,(H,6,7)(H,8,9)/b12-11-;. The van der Waals surface area contributed by atoms with Crippen LogP contribution in [0.1, 0.15) is 83.5 Å². The molecule has 0 atom stereocenters. The van der Waals surface area contributed by atoms with E-state index in [2.05, 4.69) is 0 Å². The Balaban J connectivity index is 0.000000396. The maximum absolute atomic E-state index is 11.6. The minimum Gasteiger partial charge on any atom is -0.481 e. The van der Waals surface area contributed by atoms with E-state index in [-0.39, 0.29) is 31.5 Å². The average Bonchev–Trinajstić information content (AvgIpc) is 2.68. The van der Waals surface area contributed by atoms with Gasteiger partial charge in [-0.25, -0.2) is 9.59 Å². The second-order valence-corrected chi connectivity index (χ2v) is 7.37. The third-order valence-electron chi connectivity index (χ3n) is 4.81. The molecule has 29 heavy (non-hydrogen) atoms. The van der Waals surface area contributed by atoms with E-state index in [0.29, 0.717) is 0 Å². The molecule has 164 valence electrons. The van der Waals surface area contributed by atoms with Gasteiger partial charge >= 0.3 is 23.9 Å². The maximum atomic E-state index is 11.6. The number of hydrogen-bond donors (Lipinski definition) is 2. The first-order valence-electron chi connectivity index (χ1n) is 10.4. The molecule has 2 N–H and O–H groups in total. The summed E-state index contributed by atoms with van der Waals surface area (Å²) < 4.78 is 10.6. The van der Waals surface area contributed by atoms with Gasteiger partial charge in [0.15, 0.2) is 0 Å². The highest BCUT2D eigenvalue weighted by Crippen LogP contribution is 2.21. The monoisotopic (exact) mass is 412 g/mol. The zero-order valence-corrected chi connectivity index (χ0v) is 16.8. The van der Waals surface area contributed by atoms with Crippen LogP contribution in [0.2, 0.25) is 0 Å². The Morgan fingerprint density at radius 1 is 0.655 bits per heavy atom. The van der Waals surface area contributed by atoms with Gasteiger partial charge in [0.25, 0.3) is 0 Å². The summed E-state index contributed by atoms with van der Waals surface area (Å²) in [4.78, 5) is 42.8. The summed E-state index contributed by atoms with van der Waals surface area (Å²) in [6.07, 6.45) is 13.2. The Bertz CT molecular complexity index is 509. The fourth-order valence-electron chi connectivity index (χ4n) is 3.30. The molecule has 2 saturated carbocycles. The first kappa shape index (κ1) is 24.7. The number of carboxylic acids is 2. The van der Waals surface area contributed by atoms with Crippen molar-refractivity contribution in [1.29, 1.82) is 0 Å². The quantitative estimate of drug-likeness (QED) is 0.457. The number of carbonyl (C=O) groups is 4. The van der Waals surface area contributed by atoms with Crippen molar-refractivity contribution >= 4 is 23.9 Å². The third-order valence-corrected chi connectivity index (χ3v) is 4.81. The molecule has 2 aliphatic rings. The smallest absolute Gasteiger partial charge is 0.331 e. The lowest BCUT2D eigenvalue weighted by atomic mass is 9.98. The van der Waals surface area contributed by atoms with Crippen molar-refractivity contribution in [3.05, 3.63) is 12.2 Å². The van der Waals surface area contributed by atoms with E-state index in [9.17, 15) is 19.2 Å². The van der Waals surface area contributed by atoms with Crippen LogP contribution in [0.5, 0.6) is 0 Å². The number of esters is 2. The Labute approximate surface area is 171 Å². The van der Waals surface area contributed by atoms with Crippen LogP contribution in [0, 0.1) is 0 Å². The molecule has 0 aromatic rings. The summed E-state index contributed by atoms with van der Waals surface area (Å²) in [6.45, 7) is 0. The van der Waals surface area contributed by atoms with Gasteiger partial charge in [0, 0.05) is 25.0 Å². The molecule has 0 unspecified atom stereocenters. The number of carboxylic acid groups (broad SMARTS) is 2. The highest BCUT2D eigenvalue weighted by Gasteiger charge is 2.18. The fraction of sp³-hybridized carbons (Fsp3) is 0.714. The van der Waals surface area contributed by atoms with Crippen molar-refractivity contribution in [3.63, 3.8) is 0 Å². The first-order chi connectivity index (χ1) is 13.9. The Kier molecular flexibility index (Phi) is 12.4. The summed E-state index contributed by atoms with van der Waals surface area (Å²) in [6, 6.07) is 0. The van der Waals surface area contributed by atoms with Gasteiger partial charge in [0.1, 0.15) is 12.2 Å². The van der Waals surface area contributed by atoms with Gasteiger partial charge in [0.2, 0.25) is 0 Å². The lowest BCUT2D eigenvalue weighted by molar-refractivity contribution is -0.147. The SMILES string of the molecule is O=C(/C=C\C(=O)OC1CCCCC1)OC1CCCCC1.O=C(O)CCCC(=O)O. The molecule has 0 amide bonds. The van der Waals surface area contributed by atoms with Crippen LogP contribution >= 0.6 is 0 Å². The van der Waals surface area contributed by atoms with Gasteiger partial charge < -0.3 is 19.7 Å². The second kappa shape index (κ2) is 14.6. The number of aliphatic carboxylic acids is 2. The van der Waals surface area contributed by atoms with Crippen molar-refractivity contribution in [1.82, 2.24) is 0 Å². The number of rotatable bonds is 8. The summed E-state index contributed by atoms with van der Waals surface area (Å²) in [5, 5.41) is 16.1. The van der Waals surface area contributed by atoms with Gasteiger partial charge in [-0.2, -0.15) is 0 Å². The van der Waals surface area contributed by atoms with E-state index in [1.807, 2.05) is 0 Å². The lowest BCUT2D eigenvalue weighted by Gasteiger charge is -2.21. The zero-order chi connectivity index (χ0) is 21.5. The van der Waals surface area contributed by atoms with Crippen molar-refractivity contribution < 1.29 is 38.9 Å². The molecule has 8 heteroatoms. The summed E-state index contributed by atoms with van der Waals surface area (Å²) >= 11 is 0. The average molecular weight is 412 g/mol. The van der Waals surface area contributed by atoms with E-state index in [1.165, 1.54) is 25.0 Å². The highest BCUT2D eigenvalue weighted by atomic mass is 16.5. The van der Waals surface area contributed by atoms with Gasteiger partial charge in [-0.3, -0.25) is 9.59 Å². The van der Waals surface area contributed by atoms with Gasteiger partial charge in [-0.05, 0) is 57.8 Å². The molecule has 0 bridgehead atoms. The van der Waals surface area contributed by atoms with Crippen LogP contribution in [0.25, 0.3) is 0 Å². The van der Waals surface area contributed by atoms with Crippen molar-refractivity contribution in [2.24, 2.45) is 0 Å². The number of carbonyl (C=O) groups excluding carboxylic acids is 2. The molecule has 0 saturated heterocycles. The highest BCUT2D eigenvalue weighted by molar-refractivity contribution is 5.91. The largest absolute Gasteiger partial charge is 0.481 e. The molecular formula is C21H32O8. The van der Waals surface area contributed by atoms with E-state index in [1.54, 1.807) is 0 Å². The topological polar surface area (TPSA) is 127 Å². The predicted molar refractivity (Wildman–Crippen MR) is 104 cm³/mol. The summed E-state index contributed by atoms with van der Waals surface area (Å²) in [7, 11) is 0. The van der Waals surface area contributed by atoms with Crippen LogP contribution in [-0.4, -0.2) is 46.3 Å². The molecule has 0 radical (unpaired) electrons. The van der Waals surface area contributed by atoms with Crippen LogP contribution in [0.3, 0.4) is 0 Å². The Morgan fingerprint density at radius 2 is 1.00 bits per heavy atom. The molecule has 8 nitrogen and oxygen atoms in total. The Hall–Kier alpha value is -2.38. The lowest BCUT2D eigenvalue weighted by Crippen LogP contribution is -2.21. The minimum atomic E-state index is -0.948. The van der Waals surface area contributed by atoms with Crippen LogP contribution < -0.4 is 0 Å². The van der Waals surface area contributed by atoms with Gasteiger partial charge in [-0.1, -0.05) is 12.8 Å². The van der Waals surface area contributed by atoms with Crippen LogP contribution in [0.15, 0.2) is 12.2 Å². The fourth-order valence-corrected chi connectivity index (χ4v) is 3.30. The van der Waals surface area contributed by atoms with Crippen LogP contribution in [0.4, 0.5) is 0 Å². The van der Waals surface area contributed by atoms with Crippen molar-refractivity contribution in [3.8, 4) is 0 Å². The van der Waals surface area contributed by atoms with Crippen molar-refractivity contribution in [2.75, 3.05) is 0 Å². The molecule has 0 aromatic heterocycles. The summed E-state index contributed by atoms with van der Waals surface area (Å²) in [5.74, 6) is -2.76. The molecule has 0 spiro atoms. The third kappa shape index (κ3) is 13.4. The molecule has 2 fully saturated rings. The van der Waals surface area contributed by atoms with Crippen molar-refractivity contribution in [2.45, 2.75) is 95.7 Å². The van der Waals surface area contributed by atoms with E-state index >= 15 is 0 Å². The molecule has 0 heterocycles. The number of hydrogen-bond acceptors (Lipinski definition) is 6. The first-order valence-corrected chi connectivity index (χ1v) is 10.4. The second-order valence-electron chi connectivity index (χ2n) is 7.37. The normalized spacial score (nSPS) is 17.8. The van der Waals surface area contributed by atoms with Crippen LogP contribution in [-0.2, 0) is 28.7 Å².